The maximum Gasteiger partial charge on any atom is 0.328 e. The Hall–Kier alpha value is -3.39. The van der Waals surface area contributed by atoms with Gasteiger partial charge >= 0.3 is 5.97 Å². The Morgan fingerprint density at radius 1 is 1.30 bits per heavy atom. The number of aryl methyl sites for hydroxylation is 1. The molecule has 5 nitrogen and oxygen atoms in total. The zero-order valence-electron chi connectivity index (χ0n) is 12.3. The van der Waals surface area contributed by atoms with Gasteiger partial charge in [0.15, 0.2) is 5.58 Å². The van der Waals surface area contributed by atoms with Crippen LogP contribution < -0.4 is 0 Å². The third-order valence-corrected chi connectivity index (χ3v) is 3.38. The molecule has 23 heavy (non-hydrogen) atoms. The number of benzene rings is 2. The average Bonchev–Trinajstić information content (AvgIpc) is 2.98. The number of carboxylic acid groups (broad SMARTS) is 1. The SMILES string of the molecule is Cc1cc(C#N)cc2nc(-c3ccc(C=CC(=O)O)cc3)oc12. The lowest BCUT2D eigenvalue weighted by Crippen LogP contribution is -1.85. The fraction of sp³-hybridized carbons (Fsp3) is 0.0556. The van der Waals surface area contributed by atoms with Crippen LogP contribution in [-0.2, 0) is 4.79 Å². The van der Waals surface area contributed by atoms with Crippen molar-refractivity contribution in [3.63, 3.8) is 0 Å². The Labute approximate surface area is 132 Å². The Morgan fingerprint density at radius 2 is 2.04 bits per heavy atom. The Balaban J connectivity index is 1.99. The molecule has 0 amide bonds. The number of hydrogen-bond acceptors (Lipinski definition) is 4. The number of aromatic nitrogens is 1. The molecule has 0 aliphatic rings. The second-order valence-corrected chi connectivity index (χ2v) is 5.07. The Bertz CT molecular complexity index is 960. The summed E-state index contributed by atoms with van der Waals surface area (Å²) in [4.78, 5) is 14.9. The summed E-state index contributed by atoms with van der Waals surface area (Å²) in [5.41, 5.74) is 4.27. The van der Waals surface area contributed by atoms with Crippen molar-refractivity contribution in [2.24, 2.45) is 0 Å². The van der Waals surface area contributed by atoms with Crippen LogP contribution in [0.15, 0.2) is 46.9 Å². The maximum absolute atomic E-state index is 10.5. The summed E-state index contributed by atoms with van der Waals surface area (Å²) in [6, 6.07) is 12.8. The molecule has 0 aliphatic carbocycles. The zero-order chi connectivity index (χ0) is 16.4. The van der Waals surface area contributed by atoms with Crippen molar-refractivity contribution < 1.29 is 14.3 Å². The first-order chi connectivity index (χ1) is 11.1. The van der Waals surface area contributed by atoms with Gasteiger partial charge in [-0.25, -0.2) is 9.78 Å². The maximum atomic E-state index is 10.5. The molecular formula is C18H12N2O3. The van der Waals surface area contributed by atoms with Crippen LogP contribution in [0.4, 0.5) is 0 Å². The Morgan fingerprint density at radius 3 is 2.70 bits per heavy atom. The first-order valence-corrected chi connectivity index (χ1v) is 6.89. The first-order valence-electron chi connectivity index (χ1n) is 6.89. The molecule has 0 unspecified atom stereocenters. The molecule has 3 aromatic rings. The van der Waals surface area contributed by atoms with Gasteiger partial charge in [0.2, 0.25) is 5.89 Å². The summed E-state index contributed by atoms with van der Waals surface area (Å²) in [6.45, 7) is 1.87. The summed E-state index contributed by atoms with van der Waals surface area (Å²) in [6.07, 6.45) is 2.60. The molecule has 0 fully saturated rings. The molecule has 1 heterocycles. The minimum atomic E-state index is -0.989. The highest BCUT2D eigenvalue weighted by Gasteiger charge is 2.11. The topological polar surface area (TPSA) is 87.1 Å². The number of nitriles is 1. The molecule has 0 saturated heterocycles. The van der Waals surface area contributed by atoms with Gasteiger partial charge in [-0.3, -0.25) is 0 Å². The first kappa shape index (κ1) is 14.5. The number of hydrogen-bond donors (Lipinski definition) is 1. The van der Waals surface area contributed by atoms with E-state index in [0.29, 0.717) is 22.6 Å². The fourth-order valence-corrected chi connectivity index (χ4v) is 2.29. The van der Waals surface area contributed by atoms with Crippen molar-refractivity contribution in [3.05, 3.63) is 59.2 Å². The number of rotatable bonds is 3. The third-order valence-electron chi connectivity index (χ3n) is 3.38. The quantitative estimate of drug-likeness (QED) is 0.744. The normalized spacial score (nSPS) is 11.0. The molecule has 0 spiro atoms. The highest BCUT2D eigenvalue weighted by molar-refractivity contribution is 5.85. The predicted octanol–water partition coefficient (Wildman–Crippen LogP) is 3.77. The lowest BCUT2D eigenvalue weighted by Gasteiger charge is -1.97. The van der Waals surface area contributed by atoms with E-state index in [1.165, 1.54) is 6.08 Å². The largest absolute Gasteiger partial charge is 0.478 e. The average molecular weight is 304 g/mol. The minimum absolute atomic E-state index is 0.465. The molecule has 2 aromatic carbocycles. The van der Waals surface area contributed by atoms with E-state index in [4.69, 9.17) is 14.8 Å². The smallest absolute Gasteiger partial charge is 0.328 e. The molecule has 1 aromatic heterocycles. The van der Waals surface area contributed by atoms with E-state index in [2.05, 4.69) is 11.1 Å². The highest BCUT2D eigenvalue weighted by Crippen LogP contribution is 2.27. The number of carbonyl (C=O) groups is 1. The van der Waals surface area contributed by atoms with Gasteiger partial charge in [-0.15, -0.1) is 0 Å². The van der Waals surface area contributed by atoms with Gasteiger partial charge in [0.25, 0.3) is 0 Å². The van der Waals surface area contributed by atoms with Crippen LogP contribution in [-0.4, -0.2) is 16.1 Å². The second kappa shape index (κ2) is 5.78. The monoisotopic (exact) mass is 304 g/mol. The Kier molecular flexibility index (Phi) is 3.65. The summed E-state index contributed by atoms with van der Waals surface area (Å²) >= 11 is 0. The van der Waals surface area contributed by atoms with Crippen LogP contribution in [0.1, 0.15) is 16.7 Å². The van der Waals surface area contributed by atoms with Crippen LogP contribution in [0.5, 0.6) is 0 Å². The van der Waals surface area contributed by atoms with Crippen molar-refractivity contribution in [2.45, 2.75) is 6.92 Å². The van der Waals surface area contributed by atoms with Crippen molar-refractivity contribution in [2.75, 3.05) is 0 Å². The highest BCUT2D eigenvalue weighted by atomic mass is 16.4. The van der Waals surface area contributed by atoms with Crippen LogP contribution in [0.3, 0.4) is 0 Å². The number of aliphatic carboxylic acids is 1. The third kappa shape index (κ3) is 2.97. The van der Waals surface area contributed by atoms with E-state index in [1.807, 2.05) is 19.1 Å². The van der Waals surface area contributed by atoms with Crippen molar-refractivity contribution in [3.8, 4) is 17.5 Å². The zero-order valence-corrected chi connectivity index (χ0v) is 12.3. The molecule has 0 aliphatic heterocycles. The lowest BCUT2D eigenvalue weighted by molar-refractivity contribution is -0.131. The van der Waals surface area contributed by atoms with E-state index >= 15 is 0 Å². The van der Waals surface area contributed by atoms with Gasteiger partial charge in [-0.05, 0) is 48.4 Å². The summed E-state index contributed by atoms with van der Waals surface area (Å²) < 4.78 is 5.79. The van der Waals surface area contributed by atoms with Gasteiger partial charge in [0.05, 0.1) is 11.6 Å². The molecule has 0 radical (unpaired) electrons. The van der Waals surface area contributed by atoms with Crippen molar-refractivity contribution >= 4 is 23.1 Å². The van der Waals surface area contributed by atoms with Crippen LogP contribution in [0.25, 0.3) is 28.6 Å². The number of fused-ring (bicyclic) bond motifs is 1. The molecule has 112 valence electrons. The molecule has 0 saturated carbocycles. The van der Waals surface area contributed by atoms with Gasteiger partial charge in [0.1, 0.15) is 5.52 Å². The van der Waals surface area contributed by atoms with Crippen molar-refractivity contribution in [1.82, 2.24) is 4.98 Å². The van der Waals surface area contributed by atoms with Crippen LogP contribution in [0, 0.1) is 18.3 Å². The van der Waals surface area contributed by atoms with Crippen LogP contribution >= 0.6 is 0 Å². The minimum Gasteiger partial charge on any atom is -0.478 e. The summed E-state index contributed by atoms with van der Waals surface area (Å²) in [5.74, 6) is -0.524. The molecule has 5 heteroatoms. The fourth-order valence-electron chi connectivity index (χ4n) is 2.29. The summed E-state index contributed by atoms with van der Waals surface area (Å²) in [5, 5.41) is 17.6. The lowest BCUT2D eigenvalue weighted by atomic mass is 10.1. The van der Waals surface area contributed by atoms with Gasteiger partial charge in [-0.1, -0.05) is 12.1 Å². The number of nitrogens with zero attached hydrogens (tertiary/aromatic N) is 2. The molecule has 1 N–H and O–H groups in total. The predicted molar refractivity (Wildman–Crippen MR) is 85.6 cm³/mol. The van der Waals surface area contributed by atoms with E-state index in [0.717, 1.165) is 22.8 Å². The van der Waals surface area contributed by atoms with Crippen LogP contribution in [0.2, 0.25) is 0 Å². The second-order valence-electron chi connectivity index (χ2n) is 5.07. The van der Waals surface area contributed by atoms with Gasteiger partial charge in [-0.2, -0.15) is 5.26 Å². The standard InChI is InChI=1S/C18H12N2O3/c1-11-8-13(10-19)9-15-17(11)23-18(20-15)14-5-2-12(3-6-14)4-7-16(21)22/h2-9H,1H3,(H,21,22). The van der Waals surface area contributed by atoms with Gasteiger partial charge < -0.3 is 9.52 Å². The summed E-state index contributed by atoms with van der Waals surface area (Å²) in [7, 11) is 0. The number of carboxylic acids is 1. The van der Waals surface area contributed by atoms with E-state index in [-0.39, 0.29) is 0 Å². The molecular weight excluding hydrogens is 292 g/mol. The van der Waals surface area contributed by atoms with Gasteiger partial charge in [0, 0.05) is 11.6 Å². The molecule has 0 bridgehead atoms. The van der Waals surface area contributed by atoms with E-state index in [9.17, 15) is 4.79 Å². The molecule has 3 rings (SSSR count). The van der Waals surface area contributed by atoms with E-state index in [1.54, 1.807) is 24.3 Å². The van der Waals surface area contributed by atoms with Crippen molar-refractivity contribution in [1.29, 1.82) is 5.26 Å². The van der Waals surface area contributed by atoms with E-state index < -0.39 is 5.97 Å². The number of oxazole rings is 1. The molecule has 0 atom stereocenters.